The Hall–Kier alpha value is -3.45. The molecule has 1 saturated heterocycles. The highest BCUT2D eigenvalue weighted by Gasteiger charge is 2.33. The summed E-state index contributed by atoms with van der Waals surface area (Å²) in [6.45, 7) is 4.10. The predicted molar refractivity (Wildman–Crippen MR) is 118 cm³/mol. The van der Waals surface area contributed by atoms with Gasteiger partial charge in [0.1, 0.15) is 5.75 Å². The van der Waals surface area contributed by atoms with E-state index in [4.69, 9.17) is 22.1 Å². The van der Waals surface area contributed by atoms with E-state index in [0.29, 0.717) is 46.6 Å². The molecular weight excluding hydrogens is 416 g/mol. The van der Waals surface area contributed by atoms with Crippen molar-refractivity contribution in [1.29, 1.82) is 0 Å². The second kappa shape index (κ2) is 8.35. The summed E-state index contributed by atoms with van der Waals surface area (Å²) >= 11 is 6.22. The Balaban J connectivity index is 1.65. The van der Waals surface area contributed by atoms with Gasteiger partial charge in [-0.05, 0) is 44.2 Å². The Morgan fingerprint density at radius 3 is 2.81 bits per heavy atom. The number of aryl methyl sites for hydroxylation is 2. The molecule has 2 aromatic carbocycles. The summed E-state index contributed by atoms with van der Waals surface area (Å²) in [5, 5.41) is 0.521. The quantitative estimate of drug-likeness (QED) is 0.647. The predicted octanol–water partition coefficient (Wildman–Crippen LogP) is 4.16. The van der Waals surface area contributed by atoms with Crippen LogP contribution < -0.4 is 15.4 Å². The smallest absolute Gasteiger partial charge is 0.248 e. The van der Waals surface area contributed by atoms with Gasteiger partial charge in [0.05, 0.1) is 11.4 Å². The zero-order valence-electron chi connectivity index (χ0n) is 17.1. The van der Waals surface area contributed by atoms with Gasteiger partial charge in [-0.15, -0.1) is 0 Å². The number of nitrogens with zero attached hydrogens (tertiary/aromatic N) is 3. The van der Waals surface area contributed by atoms with Crippen LogP contribution in [0.15, 0.2) is 48.7 Å². The number of aromatic nitrogens is 2. The maximum Gasteiger partial charge on any atom is 0.248 e. The van der Waals surface area contributed by atoms with Crippen molar-refractivity contribution < 1.29 is 14.3 Å². The molecule has 0 spiro atoms. The Labute approximate surface area is 184 Å². The lowest BCUT2D eigenvalue weighted by Crippen LogP contribution is -2.24. The largest absolute Gasteiger partial charge is 0.437 e. The summed E-state index contributed by atoms with van der Waals surface area (Å²) < 4.78 is 6.09. The minimum absolute atomic E-state index is 0.0425. The molecule has 1 aliphatic heterocycles. The summed E-state index contributed by atoms with van der Waals surface area (Å²) in [6.07, 6.45) is 1.98. The molecule has 0 saturated carbocycles. The number of rotatable bonds is 5. The number of primary amides is 1. The monoisotopic (exact) mass is 436 g/mol. The molecule has 4 rings (SSSR count). The second-order valence-corrected chi connectivity index (χ2v) is 7.94. The van der Waals surface area contributed by atoms with Crippen molar-refractivity contribution >= 4 is 29.1 Å². The van der Waals surface area contributed by atoms with E-state index in [9.17, 15) is 9.59 Å². The van der Waals surface area contributed by atoms with Crippen LogP contribution in [0.3, 0.4) is 0 Å². The van der Waals surface area contributed by atoms with Gasteiger partial charge in [-0.1, -0.05) is 23.7 Å². The molecule has 158 valence electrons. The minimum atomic E-state index is -0.534. The third-order valence-electron chi connectivity index (χ3n) is 5.22. The summed E-state index contributed by atoms with van der Waals surface area (Å²) in [4.78, 5) is 34.7. The molecule has 0 aliphatic carbocycles. The van der Waals surface area contributed by atoms with Crippen LogP contribution in [0.1, 0.15) is 39.6 Å². The first kappa shape index (κ1) is 20.8. The zero-order chi connectivity index (χ0) is 22.1. The standard InChI is InChI=1S/C23H21ClN4O3/c1-13-11-26-14(2)23(27-13)31-20-10-17(24)6-7-19(20)16-9-21(29)28(12-16)18-5-3-4-15(8-18)22(25)30/h3-8,10-11,16H,9,12H2,1-2H3,(H2,25,30). The van der Waals surface area contributed by atoms with E-state index >= 15 is 0 Å². The number of hydrogen-bond acceptors (Lipinski definition) is 5. The SMILES string of the molecule is Cc1cnc(C)c(Oc2cc(Cl)ccc2C2CC(=O)N(c3cccc(C(N)=O)c3)C2)n1. The van der Waals surface area contributed by atoms with Gasteiger partial charge in [0.15, 0.2) is 0 Å². The van der Waals surface area contributed by atoms with Crippen molar-refractivity contribution in [2.45, 2.75) is 26.2 Å². The lowest BCUT2D eigenvalue weighted by atomic mass is 9.97. The third-order valence-corrected chi connectivity index (χ3v) is 5.46. The molecule has 1 aliphatic rings. The minimum Gasteiger partial charge on any atom is -0.437 e. The molecule has 2 amide bonds. The number of carbonyl (C=O) groups excluding carboxylic acids is 2. The maximum absolute atomic E-state index is 12.8. The van der Waals surface area contributed by atoms with Crippen molar-refractivity contribution in [3.8, 4) is 11.6 Å². The van der Waals surface area contributed by atoms with Gasteiger partial charge in [-0.2, -0.15) is 0 Å². The lowest BCUT2D eigenvalue weighted by Gasteiger charge is -2.19. The molecule has 3 aromatic rings. The van der Waals surface area contributed by atoms with Gasteiger partial charge >= 0.3 is 0 Å². The molecular formula is C23H21ClN4O3. The van der Waals surface area contributed by atoms with E-state index in [0.717, 1.165) is 11.3 Å². The van der Waals surface area contributed by atoms with Crippen LogP contribution in [-0.4, -0.2) is 28.3 Å². The first-order valence-corrected chi connectivity index (χ1v) is 10.2. The Bertz CT molecular complexity index is 1180. The average Bonchev–Trinajstić information content (AvgIpc) is 3.12. The summed E-state index contributed by atoms with van der Waals surface area (Å²) in [7, 11) is 0. The highest BCUT2D eigenvalue weighted by Crippen LogP contribution is 2.39. The Morgan fingerprint density at radius 1 is 1.23 bits per heavy atom. The van der Waals surface area contributed by atoms with Gasteiger partial charge in [0.25, 0.3) is 0 Å². The Kier molecular flexibility index (Phi) is 5.61. The van der Waals surface area contributed by atoms with Crippen molar-refractivity contribution in [3.05, 3.63) is 76.2 Å². The molecule has 7 nitrogen and oxygen atoms in total. The summed E-state index contributed by atoms with van der Waals surface area (Å²) in [5.41, 5.74) is 8.63. The number of halogens is 1. The third kappa shape index (κ3) is 4.36. The fourth-order valence-corrected chi connectivity index (χ4v) is 3.80. The van der Waals surface area contributed by atoms with Gasteiger partial charge in [0, 0.05) is 46.9 Å². The van der Waals surface area contributed by atoms with E-state index in [1.54, 1.807) is 47.5 Å². The number of nitrogens with two attached hydrogens (primary N) is 1. The van der Waals surface area contributed by atoms with Crippen LogP contribution in [0, 0.1) is 13.8 Å². The first-order chi connectivity index (χ1) is 14.8. The van der Waals surface area contributed by atoms with E-state index in [2.05, 4.69) is 9.97 Å². The van der Waals surface area contributed by atoms with Crippen LogP contribution in [0.4, 0.5) is 5.69 Å². The number of carbonyl (C=O) groups is 2. The molecule has 2 heterocycles. The maximum atomic E-state index is 12.8. The van der Waals surface area contributed by atoms with Gasteiger partial charge in [0.2, 0.25) is 17.7 Å². The molecule has 8 heteroatoms. The van der Waals surface area contributed by atoms with Crippen LogP contribution in [0.25, 0.3) is 0 Å². The Morgan fingerprint density at radius 2 is 2.03 bits per heavy atom. The normalized spacial score (nSPS) is 15.9. The van der Waals surface area contributed by atoms with Crippen LogP contribution >= 0.6 is 11.6 Å². The van der Waals surface area contributed by atoms with Crippen molar-refractivity contribution in [2.75, 3.05) is 11.4 Å². The van der Waals surface area contributed by atoms with E-state index in [1.807, 2.05) is 19.9 Å². The van der Waals surface area contributed by atoms with Crippen molar-refractivity contribution in [3.63, 3.8) is 0 Å². The highest BCUT2D eigenvalue weighted by atomic mass is 35.5. The van der Waals surface area contributed by atoms with Crippen LogP contribution in [0.2, 0.25) is 5.02 Å². The van der Waals surface area contributed by atoms with Crippen LogP contribution in [-0.2, 0) is 4.79 Å². The molecule has 2 N–H and O–H groups in total. The van der Waals surface area contributed by atoms with Gasteiger partial charge in [-0.3, -0.25) is 14.6 Å². The number of amides is 2. The van der Waals surface area contributed by atoms with E-state index in [-0.39, 0.29) is 11.8 Å². The molecule has 0 bridgehead atoms. The number of ether oxygens (including phenoxy) is 1. The molecule has 1 aromatic heterocycles. The topological polar surface area (TPSA) is 98.4 Å². The zero-order valence-corrected chi connectivity index (χ0v) is 17.9. The molecule has 1 unspecified atom stereocenters. The number of hydrogen-bond donors (Lipinski definition) is 1. The lowest BCUT2D eigenvalue weighted by molar-refractivity contribution is -0.117. The fourth-order valence-electron chi connectivity index (χ4n) is 3.64. The van der Waals surface area contributed by atoms with Gasteiger partial charge in [-0.25, -0.2) is 4.98 Å². The first-order valence-electron chi connectivity index (χ1n) is 9.79. The second-order valence-electron chi connectivity index (χ2n) is 7.51. The van der Waals surface area contributed by atoms with Crippen molar-refractivity contribution in [1.82, 2.24) is 9.97 Å². The van der Waals surface area contributed by atoms with Gasteiger partial charge < -0.3 is 15.4 Å². The van der Waals surface area contributed by atoms with E-state index < -0.39 is 5.91 Å². The molecule has 1 fully saturated rings. The highest BCUT2D eigenvalue weighted by molar-refractivity contribution is 6.30. The molecule has 0 radical (unpaired) electrons. The van der Waals surface area contributed by atoms with Crippen LogP contribution in [0.5, 0.6) is 11.6 Å². The fraction of sp³-hybridized carbons (Fsp3) is 0.217. The van der Waals surface area contributed by atoms with E-state index in [1.165, 1.54) is 0 Å². The number of benzene rings is 2. The average molecular weight is 437 g/mol. The molecule has 1 atom stereocenters. The summed E-state index contributed by atoms with van der Waals surface area (Å²) in [5.74, 6) is 0.252. The molecule has 31 heavy (non-hydrogen) atoms. The van der Waals surface area contributed by atoms with Crippen molar-refractivity contribution in [2.24, 2.45) is 5.73 Å². The summed E-state index contributed by atoms with van der Waals surface area (Å²) in [6, 6.07) is 12.1. The number of anilines is 1.